The summed E-state index contributed by atoms with van der Waals surface area (Å²) < 4.78 is 15.0. The van der Waals surface area contributed by atoms with Crippen molar-refractivity contribution in [3.05, 3.63) is 29.6 Å². The maximum Gasteiger partial charge on any atom is 0.257 e. The first kappa shape index (κ1) is 20.4. The molecule has 1 fully saturated rings. The van der Waals surface area contributed by atoms with Gasteiger partial charge in [-0.3, -0.25) is 4.79 Å². The molecule has 0 atom stereocenters. The Bertz CT molecular complexity index is 823. The van der Waals surface area contributed by atoms with Gasteiger partial charge < -0.3 is 19.7 Å². The molecule has 7 nitrogen and oxygen atoms in total. The lowest BCUT2D eigenvalue weighted by Gasteiger charge is -2.32. The molecule has 1 N–H and O–H groups in total. The van der Waals surface area contributed by atoms with Gasteiger partial charge in [0.25, 0.3) is 5.91 Å². The third kappa shape index (κ3) is 4.55. The van der Waals surface area contributed by atoms with E-state index in [-0.39, 0.29) is 11.3 Å². The number of aromatic nitrogens is 2. The molecule has 152 valence electrons. The first-order valence-electron chi connectivity index (χ1n) is 9.44. The van der Waals surface area contributed by atoms with Crippen molar-refractivity contribution in [1.82, 2.24) is 14.3 Å². The Labute approximate surface area is 170 Å². The Kier molecular flexibility index (Phi) is 6.07. The SMILES string of the molecule is COc1ccc(C(=O)N2CCC(Nc3nc(C(C)(C)C)ns3)CC2)c(OC)c1. The summed E-state index contributed by atoms with van der Waals surface area (Å²) >= 11 is 1.40. The lowest BCUT2D eigenvalue weighted by atomic mass is 9.96. The molecule has 0 saturated carbocycles. The lowest BCUT2D eigenvalue weighted by Crippen LogP contribution is -2.42. The number of hydrogen-bond donors (Lipinski definition) is 1. The van der Waals surface area contributed by atoms with E-state index in [4.69, 9.17) is 9.47 Å². The number of ether oxygens (including phenoxy) is 2. The molecule has 28 heavy (non-hydrogen) atoms. The predicted molar refractivity (Wildman–Crippen MR) is 111 cm³/mol. The lowest BCUT2D eigenvalue weighted by molar-refractivity contribution is 0.0715. The fourth-order valence-electron chi connectivity index (χ4n) is 3.13. The molecular formula is C20H28N4O3S. The summed E-state index contributed by atoms with van der Waals surface area (Å²) in [6.45, 7) is 7.70. The predicted octanol–water partition coefficient (Wildman–Crippen LogP) is 3.57. The summed E-state index contributed by atoms with van der Waals surface area (Å²) in [5.41, 5.74) is 0.512. The van der Waals surface area contributed by atoms with Crippen LogP contribution in [0.5, 0.6) is 11.5 Å². The number of nitrogens with zero attached hydrogens (tertiary/aromatic N) is 3. The molecule has 1 aromatic carbocycles. The van der Waals surface area contributed by atoms with Crippen molar-refractivity contribution in [2.24, 2.45) is 0 Å². The average Bonchev–Trinajstić information content (AvgIpc) is 3.16. The van der Waals surface area contributed by atoms with Gasteiger partial charge in [0.1, 0.15) is 17.3 Å². The van der Waals surface area contributed by atoms with Gasteiger partial charge in [-0.05, 0) is 25.0 Å². The number of anilines is 1. The van der Waals surface area contributed by atoms with Crippen molar-refractivity contribution < 1.29 is 14.3 Å². The van der Waals surface area contributed by atoms with E-state index in [0.717, 1.165) is 23.8 Å². The highest BCUT2D eigenvalue weighted by Crippen LogP contribution is 2.28. The van der Waals surface area contributed by atoms with Gasteiger partial charge >= 0.3 is 0 Å². The van der Waals surface area contributed by atoms with E-state index < -0.39 is 0 Å². The molecule has 3 rings (SSSR count). The van der Waals surface area contributed by atoms with E-state index in [1.54, 1.807) is 32.4 Å². The molecule has 2 heterocycles. The summed E-state index contributed by atoms with van der Waals surface area (Å²) in [5.74, 6) is 2.05. The molecule has 0 unspecified atom stereocenters. The first-order chi connectivity index (χ1) is 13.3. The van der Waals surface area contributed by atoms with Crippen molar-refractivity contribution in [2.75, 3.05) is 32.6 Å². The highest BCUT2D eigenvalue weighted by Gasteiger charge is 2.27. The maximum atomic E-state index is 12.9. The van der Waals surface area contributed by atoms with Crippen molar-refractivity contribution >= 4 is 22.6 Å². The van der Waals surface area contributed by atoms with Gasteiger partial charge in [-0.2, -0.15) is 4.37 Å². The second kappa shape index (κ2) is 8.34. The normalized spacial score (nSPS) is 15.4. The highest BCUT2D eigenvalue weighted by molar-refractivity contribution is 7.09. The smallest absolute Gasteiger partial charge is 0.257 e. The number of likely N-dealkylation sites (tertiary alicyclic amines) is 1. The molecule has 1 aromatic heterocycles. The summed E-state index contributed by atoms with van der Waals surface area (Å²) in [6.07, 6.45) is 1.74. The number of rotatable bonds is 5. The van der Waals surface area contributed by atoms with Crippen molar-refractivity contribution in [2.45, 2.75) is 45.1 Å². The van der Waals surface area contributed by atoms with Crippen LogP contribution in [0.25, 0.3) is 0 Å². The van der Waals surface area contributed by atoms with Gasteiger partial charge in [0.15, 0.2) is 0 Å². The standard InChI is InChI=1S/C20H28N4O3S/c1-20(2,3)18-22-19(28-23-18)21-13-8-10-24(11-9-13)17(25)15-7-6-14(26-4)12-16(15)27-5/h6-7,12-13H,8-11H2,1-5H3,(H,21,22,23). The van der Waals surface area contributed by atoms with E-state index in [9.17, 15) is 4.79 Å². The molecular weight excluding hydrogens is 376 g/mol. The summed E-state index contributed by atoms with van der Waals surface area (Å²) in [5, 5.41) is 4.33. The molecule has 1 aliphatic rings. The zero-order valence-corrected chi connectivity index (χ0v) is 17.9. The molecule has 0 radical (unpaired) electrons. The molecule has 1 amide bonds. The number of benzene rings is 1. The molecule has 1 saturated heterocycles. The minimum Gasteiger partial charge on any atom is -0.497 e. The van der Waals surface area contributed by atoms with Crippen LogP contribution in [0.15, 0.2) is 18.2 Å². The Morgan fingerprint density at radius 3 is 2.50 bits per heavy atom. The third-order valence-electron chi connectivity index (χ3n) is 4.85. The molecule has 0 bridgehead atoms. The van der Waals surface area contributed by atoms with Crippen molar-refractivity contribution in [3.8, 4) is 11.5 Å². The van der Waals surface area contributed by atoms with Crippen LogP contribution >= 0.6 is 11.5 Å². The van der Waals surface area contributed by atoms with Crippen LogP contribution in [-0.2, 0) is 5.41 Å². The Morgan fingerprint density at radius 1 is 1.21 bits per heavy atom. The minimum absolute atomic E-state index is 0.0103. The summed E-state index contributed by atoms with van der Waals surface area (Å²) in [7, 11) is 3.16. The summed E-state index contributed by atoms with van der Waals surface area (Å²) in [6, 6.07) is 5.58. The number of methoxy groups -OCH3 is 2. The molecule has 0 aliphatic carbocycles. The molecule has 2 aromatic rings. The number of hydrogen-bond acceptors (Lipinski definition) is 7. The second-order valence-corrected chi connectivity index (χ2v) is 8.70. The molecule has 1 aliphatic heterocycles. The van der Waals surface area contributed by atoms with E-state index in [2.05, 4.69) is 35.4 Å². The van der Waals surface area contributed by atoms with Gasteiger partial charge in [-0.25, -0.2) is 4.98 Å². The fourth-order valence-corrected chi connectivity index (χ4v) is 3.97. The largest absolute Gasteiger partial charge is 0.497 e. The van der Waals surface area contributed by atoms with Gasteiger partial charge in [0, 0.05) is 42.1 Å². The van der Waals surface area contributed by atoms with Crippen molar-refractivity contribution in [1.29, 1.82) is 0 Å². The third-order valence-corrected chi connectivity index (χ3v) is 5.49. The van der Waals surface area contributed by atoms with Gasteiger partial charge in [-0.1, -0.05) is 20.8 Å². The number of carbonyl (C=O) groups excluding carboxylic acids is 1. The van der Waals surface area contributed by atoms with Crippen LogP contribution in [0, 0.1) is 0 Å². The minimum atomic E-state index is -0.0520. The van der Waals surface area contributed by atoms with E-state index in [1.165, 1.54) is 11.5 Å². The Balaban J connectivity index is 1.59. The Morgan fingerprint density at radius 2 is 1.93 bits per heavy atom. The van der Waals surface area contributed by atoms with Crippen LogP contribution in [0.1, 0.15) is 49.8 Å². The van der Waals surface area contributed by atoms with E-state index in [1.807, 2.05) is 4.90 Å². The maximum absolute atomic E-state index is 12.9. The van der Waals surface area contributed by atoms with Crippen molar-refractivity contribution in [3.63, 3.8) is 0 Å². The quantitative estimate of drug-likeness (QED) is 0.821. The zero-order valence-electron chi connectivity index (χ0n) is 17.1. The number of carbonyl (C=O) groups is 1. The topological polar surface area (TPSA) is 76.6 Å². The van der Waals surface area contributed by atoms with E-state index in [0.29, 0.717) is 36.2 Å². The number of nitrogens with one attached hydrogen (secondary N) is 1. The van der Waals surface area contributed by atoms with Gasteiger partial charge in [0.2, 0.25) is 5.13 Å². The number of piperidine rings is 1. The Hall–Kier alpha value is -2.35. The number of amides is 1. The van der Waals surface area contributed by atoms with E-state index >= 15 is 0 Å². The van der Waals surface area contributed by atoms with Crippen LogP contribution in [0.4, 0.5) is 5.13 Å². The van der Waals surface area contributed by atoms with Crippen LogP contribution in [0.2, 0.25) is 0 Å². The molecule has 0 spiro atoms. The fraction of sp³-hybridized carbons (Fsp3) is 0.550. The van der Waals surface area contributed by atoms with Crippen LogP contribution in [-0.4, -0.2) is 53.5 Å². The molecule has 8 heteroatoms. The first-order valence-corrected chi connectivity index (χ1v) is 10.2. The van der Waals surface area contributed by atoms with Crippen LogP contribution in [0.3, 0.4) is 0 Å². The average molecular weight is 405 g/mol. The van der Waals surface area contributed by atoms with Crippen LogP contribution < -0.4 is 14.8 Å². The monoisotopic (exact) mass is 404 g/mol. The summed E-state index contributed by atoms with van der Waals surface area (Å²) in [4.78, 5) is 19.4. The van der Waals surface area contributed by atoms with Gasteiger partial charge in [-0.15, -0.1) is 0 Å². The highest BCUT2D eigenvalue weighted by atomic mass is 32.1. The van der Waals surface area contributed by atoms with Gasteiger partial charge in [0.05, 0.1) is 19.8 Å². The zero-order chi connectivity index (χ0) is 20.3. The second-order valence-electron chi connectivity index (χ2n) is 7.95.